The lowest BCUT2D eigenvalue weighted by atomic mass is 9.99. The lowest BCUT2D eigenvalue weighted by Gasteiger charge is -2.06. The van der Waals surface area contributed by atoms with E-state index in [1.54, 1.807) is 0 Å². The molecule has 0 bridgehead atoms. The molecule has 6 aromatic rings. The third kappa shape index (κ3) is 2.99. The fourth-order valence-corrected chi connectivity index (χ4v) is 5.27. The summed E-state index contributed by atoms with van der Waals surface area (Å²) in [6.45, 7) is 4.31. The van der Waals surface area contributed by atoms with Gasteiger partial charge in [-0.15, -0.1) is 11.3 Å². The van der Waals surface area contributed by atoms with Crippen LogP contribution in [0, 0.1) is 13.8 Å². The molecule has 0 aliphatic rings. The molecule has 31 heavy (non-hydrogen) atoms. The molecule has 0 spiro atoms. The number of aromatic amines is 2. The van der Waals surface area contributed by atoms with E-state index in [0.29, 0.717) is 0 Å². The summed E-state index contributed by atoms with van der Waals surface area (Å²) in [7, 11) is 0. The highest BCUT2D eigenvalue weighted by atomic mass is 32.1. The van der Waals surface area contributed by atoms with Gasteiger partial charge in [0.25, 0.3) is 0 Å². The normalized spacial score (nSPS) is 11.5. The zero-order chi connectivity index (χ0) is 20.9. The first-order chi connectivity index (χ1) is 15.2. The van der Waals surface area contributed by atoms with Crippen LogP contribution in [0.2, 0.25) is 0 Å². The van der Waals surface area contributed by atoms with Crippen LogP contribution in [0.5, 0.6) is 0 Å². The molecule has 6 rings (SSSR count). The Hall–Kier alpha value is -3.63. The second-order valence-corrected chi connectivity index (χ2v) is 9.30. The number of benzene rings is 3. The van der Waals surface area contributed by atoms with E-state index in [9.17, 15) is 0 Å². The number of rotatable bonds is 3. The second-order valence-electron chi connectivity index (χ2n) is 8.01. The molecule has 0 atom stereocenters. The van der Waals surface area contributed by atoms with Gasteiger partial charge in [0, 0.05) is 31.6 Å². The lowest BCUT2D eigenvalue weighted by Crippen LogP contribution is -1.83. The number of thiophene rings is 1. The van der Waals surface area contributed by atoms with Gasteiger partial charge in [-0.3, -0.25) is 5.10 Å². The fraction of sp³-hybridized carbons (Fsp3) is 0.0741. The first-order valence-electron chi connectivity index (χ1n) is 10.4. The van der Waals surface area contributed by atoms with Crippen LogP contribution in [0.4, 0.5) is 0 Å². The monoisotopic (exact) mass is 419 g/mol. The van der Waals surface area contributed by atoms with Gasteiger partial charge in [0.15, 0.2) is 0 Å². The minimum Gasteiger partial charge on any atom is -0.353 e. The third-order valence-corrected chi connectivity index (χ3v) is 6.98. The quantitative estimate of drug-likeness (QED) is 0.303. The summed E-state index contributed by atoms with van der Waals surface area (Å²) in [5.41, 5.74) is 9.15. The Labute approximate surface area is 184 Å². The van der Waals surface area contributed by atoms with Crippen LogP contribution < -0.4 is 0 Å². The summed E-state index contributed by atoms with van der Waals surface area (Å²) < 4.78 is 0. The van der Waals surface area contributed by atoms with Crippen molar-refractivity contribution in [3.8, 4) is 33.0 Å². The number of fused-ring (bicyclic) bond motifs is 2. The topological polar surface area (TPSA) is 44.5 Å². The Kier molecular flexibility index (Phi) is 4.08. The van der Waals surface area contributed by atoms with Crippen LogP contribution in [-0.2, 0) is 0 Å². The van der Waals surface area contributed by atoms with Gasteiger partial charge < -0.3 is 4.98 Å². The molecule has 3 aromatic carbocycles. The number of aryl methyl sites for hydroxylation is 2. The van der Waals surface area contributed by atoms with Crippen molar-refractivity contribution in [2.24, 2.45) is 0 Å². The Balaban J connectivity index is 1.52. The summed E-state index contributed by atoms with van der Waals surface area (Å²) in [5, 5.41) is 10.2. The Morgan fingerprint density at radius 1 is 0.742 bits per heavy atom. The summed E-state index contributed by atoms with van der Waals surface area (Å²) in [6, 6.07) is 28.1. The van der Waals surface area contributed by atoms with Crippen LogP contribution in [0.3, 0.4) is 0 Å². The Morgan fingerprint density at radius 3 is 2.45 bits per heavy atom. The van der Waals surface area contributed by atoms with E-state index in [0.717, 1.165) is 27.8 Å². The molecule has 0 aliphatic carbocycles. The standard InChI is InChI=1S/C27H21N3S/c1-16-6-3-4-7-19(16)18-11-12-24-22(14-18)27(30-29-24)25-15-21-20(8-5-9-23(21)28-25)26-13-10-17(2)31-26/h3-15,28H,1-2H3,(H,29,30). The van der Waals surface area contributed by atoms with Crippen LogP contribution in [-0.4, -0.2) is 15.2 Å². The van der Waals surface area contributed by atoms with Gasteiger partial charge in [0.2, 0.25) is 0 Å². The zero-order valence-corrected chi connectivity index (χ0v) is 18.2. The zero-order valence-electron chi connectivity index (χ0n) is 17.4. The van der Waals surface area contributed by atoms with Gasteiger partial charge >= 0.3 is 0 Å². The fourth-order valence-electron chi connectivity index (χ4n) is 4.36. The summed E-state index contributed by atoms with van der Waals surface area (Å²) in [4.78, 5) is 6.22. The van der Waals surface area contributed by atoms with E-state index < -0.39 is 0 Å². The van der Waals surface area contributed by atoms with Gasteiger partial charge in [-0.1, -0.05) is 42.5 Å². The van der Waals surface area contributed by atoms with Gasteiger partial charge in [0.05, 0.1) is 11.2 Å². The molecule has 0 aliphatic heterocycles. The van der Waals surface area contributed by atoms with Gasteiger partial charge in [-0.2, -0.15) is 5.10 Å². The SMILES string of the molecule is Cc1ccc(-c2cccc3[nH]c(-c4n[nH]c5ccc(-c6ccccc6C)cc45)cc23)s1. The largest absolute Gasteiger partial charge is 0.353 e. The van der Waals surface area contributed by atoms with Gasteiger partial charge in [0.1, 0.15) is 5.69 Å². The van der Waals surface area contributed by atoms with Crippen molar-refractivity contribution in [1.82, 2.24) is 15.2 Å². The van der Waals surface area contributed by atoms with E-state index >= 15 is 0 Å². The Morgan fingerprint density at radius 2 is 1.61 bits per heavy atom. The average molecular weight is 420 g/mol. The van der Waals surface area contributed by atoms with Crippen LogP contribution in [0.1, 0.15) is 10.4 Å². The minimum atomic E-state index is 0.954. The molecule has 3 aromatic heterocycles. The molecular weight excluding hydrogens is 398 g/mol. The summed E-state index contributed by atoms with van der Waals surface area (Å²) >= 11 is 1.83. The van der Waals surface area contributed by atoms with Crippen molar-refractivity contribution in [2.45, 2.75) is 13.8 Å². The van der Waals surface area contributed by atoms with E-state index in [1.807, 2.05) is 11.3 Å². The predicted molar refractivity (Wildman–Crippen MR) is 132 cm³/mol. The first kappa shape index (κ1) is 18.2. The molecule has 150 valence electrons. The number of nitrogens with one attached hydrogen (secondary N) is 2. The summed E-state index contributed by atoms with van der Waals surface area (Å²) in [6.07, 6.45) is 0. The molecule has 0 fully saturated rings. The van der Waals surface area contributed by atoms with Crippen LogP contribution in [0.25, 0.3) is 54.8 Å². The molecule has 3 nitrogen and oxygen atoms in total. The van der Waals surface area contributed by atoms with Crippen molar-refractivity contribution in [1.29, 1.82) is 0 Å². The number of nitrogens with zero attached hydrogens (tertiary/aromatic N) is 1. The maximum Gasteiger partial charge on any atom is 0.116 e. The molecular formula is C27H21N3S. The van der Waals surface area contributed by atoms with Crippen LogP contribution >= 0.6 is 11.3 Å². The smallest absolute Gasteiger partial charge is 0.116 e. The molecule has 0 saturated carbocycles. The number of H-pyrrole nitrogens is 2. The van der Waals surface area contributed by atoms with Gasteiger partial charge in [-0.05, 0) is 66.9 Å². The number of hydrogen-bond acceptors (Lipinski definition) is 2. The molecule has 3 heterocycles. The molecule has 0 radical (unpaired) electrons. The second kappa shape index (κ2) is 6.96. The highest BCUT2D eigenvalue weighted by molar-refractivity contribution is 7.15. The highest BCUT2D eigenvalue weighted by Gasteiger charge is 2.15. The Bertz CT molecular complexity index is 1560. The number of aromatic nitrogens is 3. The number of hydrogen-bond donors (Lipinski definition) is 2. The first-order valence-corrected chi connectivity index (χ1v) is 11.2. The molecule has 0 amide bonds. The van der Waals surface area contributed by atoms with Gasteiger partial charge in [-0.25, -0.2) is 0 Å². The van der Waals surface area contributed by atoms with Crippen molar-refractivity contribution in [3.63, 3.8) is 0 Å². The van der Waals surface area contributed by atoms with E-state index in [1.165, 1.54) is 37.4 Å². The average Bonchev–Trinajstić information content (AvgIpc) is 3.50. The molecule has 4 heteroatoms. The molecule has 0 unspecified atom stereocenters. The van der Waals surface area contributed by atoms with Crippen molar-refractivity contribution < 1.29 is 0 Å². The third-order valence-electron chi connectivity index (χ3n) is 5.94. The van der Waals surface area contributed by atoms with Crippen molar-refractivity contribution >= 4 is 33.1 Å². The van der Waals surface area contributed by atoms with Crippen LogP contribution in [0.15, 0.2) is 78.9 Å². The summed E-state index contributed by atoms with van der Waals surface area (Å²) in [5.74, 6) is 0. The maximum absolute atomic E-state index is 4.67. The highest BCUT2D eigenvalue weighted by Crippen LogP contribution is 2.37. The predicted octanol–water partition coefficient (Wildman–Crippen LogP) is 7.72. The molecule has 2 N–H and O–H groups in total. The maximum atomic E-state index is 4.67. The minimum absolute atomic E-state index is 0.954. The van der Waals surface area contributed by atoms with E-state index in [4.69, 9.17) is 0 Å². The van der Waals surface area contributed by atoms with E-state index in [-0.39, 0.29) is 0 Å². The van der Waals surface area contributed by atoms with Crippen molar-refractivity contribution in [3.05, 3.63) is 89.3 Å². The molecule has 0 saturated heterocycles. The lowest BCUT2D eigenvalue weighted by molar-refractivity contribution is 1.12. The van der Waals surface area contributed by atoms with Crippen molar-refractivity contribution in [2.75, 3.05) is 0 Å². The van der Waals surface area contributed by atoms with E-state index in [2.05, 4.69) is 108 Å².